The van der Waals surface area contributed by atoms with Crippen molar-refractivity contribution in [3.05, 3.63) is 64.2 Å². The van der Waals surface area contributed by atoms with E-state index in [-0.39, 0.29) is 23.8 Å². The van der Waals surface area contributed by atoms with E-state index in [0.29, 0.717) is 10.4 Å². The van der Waals surface area contributed by atoms with Gasteiger partial charge in [0, 0.05) is 5.39 Å². The average Bonchev–Trinajstić information content (AvgIpc) is 3.30. The van der Waals surface area contributed by atoms with Crippen molar-refractivity contribution in [3.63, 3.8) is 0 Å². The largest absolute Gasteiger partial charge is 0.497 e. The van der Waals surface area contributed by atoms with E-state index >= 15 is 0 Å². The zero-order valence-electron chi connectivity index (χ0n) is 17.1. The van der Waals surface area contributed by atoms with Gasteiger partial charge in [0.05, 0.1) is 35.8 Å². The molecule has 3 aromatic rings. The van der Waals surface area contributed by atoms with Gasteiger partial charge >= 0.3 is 6.18 Å². The fourth-order valence-electron chi connectivity index (χ4n) is 3.29. The van der Waals surface area contributed by atoms with Crippen LogP contribution < -0.4 is 4.74 Å². The van der Waals surface area contributed by atoms with Crippen molar-refractivity contribution in [2.24, 2.45) is 4.99 Å². The molecule has 0 N–H and O–H groups in total. The van der Waals surface area contributed by atoms with Gasteiger partial charge in [-0.25, -0.2) is 0 Å². The fraction of sp³-hybridized carbons (Fsp3) is 0.227. The van der Waals surface area contributed by atoms with Gasteiger partial charge in [-0.05, 0) is 47.2 Å². The van der Waals surface area contributed by atoms with Crippen molar-refractivity contribution in [3.8, 4) is 5.75 Å². The Hall–Kier alpha value is -2.72. The molecule has 0 aliphatic carbocycles. The Morgan fingerprint density at radius 3 is 2.75 bits per heavy atom. The molecule has 4 rings (SSSR count). The third-order valence-electron chi connectivity index (χ3n) is 4.77. The quantitative estimate of drug-likeness (QED) is 0.433. The minimum absolute atomic E-state index is 0.0391. The van der Waals surface area contributed by atoms with Gasteiger partial charge < -0.3 is 4.74 Å². The number of fused-ring (bicyclic) bond motifs is 1. The van der Waals surface area contributed by atoms with Crippen LogP contribution in [0.2, 0.25) is 0 Å². The van der Waals surface area contributed by atoms with Crippen LogP contribution in [0.1, 0.15) is 23.6 Å². The molecular weight excluding hydrogens is 459 g/mol. The lowest BCUT2D eigenvalue weighted by molar-refractivity contribution is -0.138. The molecule has 10 heteroatoms. The first-order valence-electron chi connectivity index (χ1n) is 9.63. The van der Waals surface area contributed by atoms with Crippen LogP contribution in [-0.2, 0) is 17.5 Å². The molecule has 1 amide bonds. The van der Waals surface area contributed by atoms with E-state index < -0.39 is 11.7 Å². The van der Waals surface area contributed by atoms with Crippen molar-refractivity contribution in [2.45, 2.75) is 19.6 Å². The number of rotatable bonds is 5. The van der Waals surface area contributed by atoms with Gasteiger partial charge in [0.25, 0.3) is 5.91 Å². The molecule has 1 aliphatic heterocycles. The van der Waals surface area contributed by atoms with Crippen molar-refractivity contribution in [2.75, 3.05) is 12.9 Å². The Morgan fingerprint density at radius 2 is 2.03 bits per heavy atom. The number of hydrogen-bond donors (Lipinski definition) is 0. The number of hydrogen-bond acceptors (Lipinski definition) is 5. The standard InChI is InChI=1S/C22H18F3N3O2S2/c1-3-31-21-27-20(29)19(32-21)9-13-4-7-18-15(8-13)11-26-28(18)12-14-5-6-16(30-2)10-17(14)22(23,24)25/h4-11H,3,12H2,1-2H3/b19-9-. The number of nitrogens with zero attached hydrogens (tertiary/aromatic N) is 3. The normalized spacial score (nSPS) is 15.6. The number of thioether (sulfide) groups is 2. The predicted molar refractivity (Wildman–Crippen MR) is 123 cm³/mol. The third kappa shape index (κ3) is 4.71. The number of benzene rings is 2. The van der Waals surface area contributed by atoms with E-state index in [1.54, 1.807) is 18.3 Å². The molecule has 0 fully saturated rings. The second-order valence-corrected chi connectivity index (χ2v) is 9.41. The monoisotopic (exact) mass is 477 g/mol. The van der Waals surface area contributed by atoms with Gasteiger partial charge in [0.15, 0.2) is 0 Å². The van der Waals surface area contributed by atoms with Crippen LogP contribution in [0.15, 0.2) is 52.5 Å². The Kier molecular flexibility index (Phi) is 6.34. The highest BCUT2D eigenvalue weighted by Gasteiger charge is 2.34. The van der Waals surface area contributed by atoms with Gasteiger partial charge in [-0.15, -0.1) is 0 Å². The summed E-state index contributed by atoms with van der Waals surface area (Å²) in [5.74, 6) is 0.718. The average molecular weight is 478 g/mol. The number of halogens is 3. The molecule has 2 aromatic carbocycles. The number of aliphatic imine (C=N–C) groups is 1. The fourth-order valence-corrected chi connectivity index (χ4v) is 5.19. The Morgan fingerprint density at radius 1 is 1.22 bits per heavy atom. The van der Waals surface area contributed by atoms with E-state index in [4.69, 9.17) is 4.74 Å². The molecule has 5 nitrogen and oxygen atoms in total. The van der Waals surface area contributed by atoms with Gasteiger partial charge in [-0.2, -0.15) is 23.3 Å². The molecule has 0 spiro atoms. The predicted octanol–water partition coefficient (Wildman–Crippen LogP) is 5.84. The summed E-state index contributed by atoms with van der Waals surface area (Å²) in [6.45, 7) is 1.96. The minimum Gasteiger partial charge on any atom is -0.497 e. The summed E-state index contributed by atoms with van der Waals surface area (Å²) in [5, 5.41) is 5.04. The van der Waals surface area contributed by atoms with Crippen molar-refractivity contribution in [1.29, 1.82) is 0 Å². The van der Waals surface area contributed by atoms with Gasteiger partial charge in [-0.1, -0.05) is 42.6 Å². The maximum atomic E-state index is 13.5. The van der Waals surface area contributed by atoms with E-state index in [0.717, 1.165) is 27.1 Å². The number of ether oxygens (including phenoxy) is 1. The topological polar surface area (TPSA) is 56.5 Å². The summed E-state index contributed by atoms with van der Waals surface area (Å²) >= 11 is 2.86. The van der Waals surface area contributed by atoms with Crippen LogP contribution in [-0.4, -0.2) is 32.9 Å². The van der Waals surface area contributed by atoms with Gasteiger partial charge in [0.2, 0.25) is 0 Å². The summed E-state index contributed by atoms with van der Waals surface area (Å²) in [7, 11) is 1.33. The Balaban J connectivity index is 1.61. The lowest BCUT2D eigenvalue weighted by atomic mass is 10.1. The molecule has 32 heavy (non-hydrogen) atoms. The third-order valence-corrected chi connectivity index (χ3v) is 6.78. The number of amides is 1. The molecule has 2 heterocycles. The number of aromatic nitrogens is 2. The molecule has 1 aromatic heterocycles. The Labute approximate surface area is 190 Å². The number of carbonyl (C=O) groups excluding carboxylic acids is 1. The van der Waals surface area contributed by atoms with Crippen molar-refractivity contribution >= 4 is 50.8 Å². The molecule has 1 aliphatic rings. The summed E-state index contributed by atoms with van der Waals surface area (Å²) in [5.41, 5.74) is 0.839. The van der Waals surface area contributed by atoms with Crippen molar-refractivity contribution in [1.82, 2.24) is 9.78 Å². The van der Waals surface area contributed by atoms with E-state index in [1.807, 2.05) is 19.1 Å². The second-order valence-electron chi connectivity index (χ2n) is 6.87. The lowest BCUT2D eigenvalue weighted by Gasteiger charge is -2.14. The number of methoxy groups -OCH3 is 1. The second kappa shape index (κ2) is 9.03. The van der Waals surface area contributed by atoms with Crippen molar-refractivity contribution < 1.29 is 22.7 Å². The van der Waals surface area contributed by atoms with Crippen LogP contribution >= 0.6 is 23.5 Å². The molecular formula is C22H18F3N3O2S2. The molecule has 0 saturated heterocycles. The molecule has 166 valence electrons. The minimum atomic E-state index is -4.51. The van der Waals surface area contributed by atoms with E-state index in [1.165, 1.54) is 47.4 Å². The summed E-state index contributed by atoms with van der Waals surface area (Å²) in [4.78, 5) is 16.7. The van der Waals surface area contributed by atoms with E-state index in [2.05, 4.69) is 10.1 Å². The molecule has 0 saturated carbocycles. The summed E-state index contributed by atoms with van der Waals surface area (Å²) < 4.78 is 47.8. The molecule has 0 atom stereocenters. The highest BCUT2D eigenvalue weighted by molar-refractivity contribution is 8.41. The van der Waals surface area contributed by atoms with Gasteiger partial charge in [-0.3, -0.25) is 9.48 Å². The molecule has 0 bridgehead atoms. The van der Waals surface area contributed by atoms with Crippen LogP contribution in [0.25, 0.3) is 17.0 Å². The zero-order valence-corrected chi connectivity index (χ0v) is 18.8. The lowest BCUT2D eigenvalue weighted by Crippen LogP contribution is -2.12. The SMILES string of the molecule is CCSC1=NC(=O)/C(=C/c2ccc3c(cnn3Cc3ccc(OC)cc3C(F)(F)F)c2)S1. The van der Waals surface area contributed by atoms with Crippen LogP contribution in [0.4, 0.5) is 13.2 Å². The van der Waals surface area contributed by atoms with Crippen LogP contribution in [0.5, 0.6) is 5.75 Å². The Bertz CT molecular complexity index is 1250. The highest BCUT2D eigenvalue weighted by atomic mass is 32.2. The first-order chi connectivity index (χ1) is 15.3. The smallest absolute Gasteiger partial charge is 0.416 e. The summed E-state index contributed by atoms with van der Waals surface area (Å²) in [6.07, 6.45) is -1.14. The molecule has 0 radical (unpaired) electrons. The number of alkyl halides is 3. The first-order valence-corrected chi connectivity index (χ1v) is 11.4. The van der Waals surface area contributed by atoms with Crippen LogP contribution in [0, 0.1) is 0 Å². The zero-order chi connectivity index (χ0) is 22.9. The molecule has 0 unspecified atom stereocenters. The van der Waals surface area contributed by atoms with Crippen LogP contribution in [0.3, 0.4) is 0 Å². The van der Waals surface area contributed by atoms with E-state index in [9.17, 15) is 18.0 Å². The summed E-state index contributed by atoms with van der Waals surface area (Å²) in [6, 6.07) is 9.36. The maximum Gasteiger partial charge on any atom is 0.416 e. The first kappa shape index (κ1) is 22.5. The highest BCUT2D eigenvalue weighted by Crippen LogP contribution is 2.36. The van der Waals surface area contributed by atoms with Gasteiger partial charge in [0.1, 0.15) is 10.1 Å². The number of carbonyl (C=O) groups is 1. The maximum absolute atomic E-state index is 13.5.